The summed E-state index contributed by atoms with van der Waals surface area (Å²) in [4.78, 5) is 35.6. The summed E-state index contributed by atoms with van der Waals surface area (Å²) in [6.45, 7) is 5.54. The van der Waals surface area contributed by atoms with E-state index in [1.54, 1.807) is 37.3 Å². The van der Waals surface area contributed by atoms with Crippen molar-refractivity contribution in [2.45, 2.75) is 19.8 Å². The lowest BCUT2D eigenvalue weighted by molar-refractivity contribution is 0.0949. The number of carbonyl (C=O) groups excluding carboxylic acids is 2. The van der Waals surface area contributed by atoms with Crippen molar-refractivity contribution in [1.29, 1.82) is 0 Å². The van der Waals surface area contributed by atoms with Crippen molar-refractivity contribution in [3.8, 4) is 5.75 Å². The lowest BCUT2D eigenvalue weighted by Gasteiger charge is -2.14. The van der Waals surface area contributed by atoms with E-state index in [0.717, 1.165) is 30.9 Å². The van der Waals surface area contributed by atoms with E-state index in [-0.39, 0.29) is 17.6 Å². The zero-order chi connectivity index (χ0) is 23.9. The number of carbonyl (C=O) groups is 2. The molecule has 2 aromatic carbocycles. The van der Waals surface area contributed by atoms with Gasteiger partial charge in [-0.15, -0.1) is 0 Å². The average molecular weight is 461 g/mol. The highest BCUT2D eigenvalue weighted by atomic mass is 16.3. The van der Waals surface area contributed by atoms with E-state index in [1.165, 1.54) is 37.4 Å². The molecule has 9 nitrogen and oxygen atoms in total. The van der Waals surface area contributed by atoms with Crippen LogP contribution in [-0.4, -0.2) is 58.0 Å². The monoisotopic (exact) mass is 460 g/mol. The molecule has 9 heteroatoms. The van der Waals surface area contributed by atoms with Crippen molar-refractivity contribution in [3.05, 3.63) is 71.5 Å². The average Bonchev–Trinajstić information content (AvgIpc) is 3.36. The van der Waals surface area contributed by atoms with Gasteiger partial charge >= 0.3 is 0 Å². The molecular weight excluding hydrogens is 432 g/mol. The third-order valence-electron chi connectivity index (χ3n) is 5.69. The number of amides is 2. The van der Waals surface area contributed by atoms with Crippen molar-refractivity contribution >= 4 is 29.1 Å². The minimum absolute atomic E-state index is 0.0251. The molecule has 0 unspecified atom stereocenters. The topological polar surface area (TPSA) is 119 Å². The van der Waals surface area contributed by atoms with E-state index < -0.39 is 0 Å². The Bertz CT molecular complexity index is 1140. The summed E-state index contributed by atoms with van der Waals surface area (Å²) in [5, 5.41) is 18.4. The quantitative estimate of drug-likeness (QED) is 0.407. The van der Waals surface area contributed by atoms with Crippen LogP contribution in [0, 0.1) is 6.92 Å². The van der Waals surface area contributed by atoms with Gasteiger partial charge in [-0.05, 0) is 74.8 Å². The summed E-state index contributed by atoms with van der Waals surface area (Å²) >= 11 is 0. The Balaban J connectivity index is 1.28. The van der Waals surface area contributed by atoms with Gasteiger partial charge in [-0.1, -0.05) is 6.07 Å². The number of phenolic OH excluding ortho intramolecular Hbond substituents is 1. The van der Waals surface area contributed by atoms with Gasteiger partial charge in [0.15, 0.2) is 0 Å². The minimum Gasteiger partial charge on any atom is -0.508 e. The number of hydrogen-bond acceptors (Lipinski definition) is 7. The highest BCUT2D eigenvalue weighted by Gasteiger charge is 2.13. The van der Waals surface area contributed by atoms with Crippen LogP contribution in [-0.2, 0) is 0 Å². The lowest BCUT2D eigenvalue weighted by atomic mass is 10.1. The van der Waals surface area contributed by atoms with Gasteiger partial charge in [-0.2, -0.15) is 0 Å². The van der Waals surface area contributed by atoms with Gasteiger partial charge < -0.3 is 26.0 Å². The van der Waals surface area contributed by atoms with Crippen LogP contribution in [0.4, 0.5) is 17.3 Å². The molecule has 4 rings (SSSR count). The van der Waals surface area contributed by atoms with Crippen molar-refractivity contribution in [2.75, 3.05) is 36.8 Å². The van der Waals surface area contributed by atoms with E-state index in [9.17, 15) is 14.7 Å². The zero-order valence-electron chi connectivity index (χ0n) is 19.0. The molecule has 0 saturated carbocycles. The first kappa shape index (κ1) is 23.2. The van der Waals surface area contributed by atoms with Crippen LogP contribution in [0.3, 0.4) is 0 Å². The number of hydrogen-bond donors (Lipinski definition) is 4. The Morgan fingerprint density at radius 3 is 2.38 bits per heavy atom. The maximum Gasteiger partial charge on any atom is 0.256 e. The first-order valence-electron chi connectivity index (χ1n) is 11.3. The molecule has 1 fully saturated rings. The maximum absolute atomic E-state index is 12.5. The van der Waals surface area contributed by atoms with Gasteiger partial charge in [-0.25, -0.2) is 9.97 Å². The third-order valence-corrected chi connectivity index (χ3v) is 5.69. The first-order chi connectivity index (χ1) is 16.5. The minimum atomic E-state index is -0.355. The largest absolute Gasteiger partial charge is 0.508 e. The maximum atomic E-state index is 12.5. The summed E-state index contributed by atoms with van der Waals surface area (Å²) in [5.41, 5.74) is 2.88. The molecule has 0 radical (unpaired) electrons. The Hall–Kier alpha value is -3.98. The number of nitrogens with one attached hydrogen (secondary N) is 3. The molecule has 1 saturated heterocycles. The molecule has 1 aliphatic heterocycles. The SMILES string of the molecule is Cc1ccc(O)cc1C(=O)Nc1cnc(Nc2ccc(C(=O)NCCN3CCCC3)cc2)nc1. The summed E-state index contributed by atoms with van der Waals surface area (Å²) in [5.74, 6) is -0.0671. The number of rotatable bonds is 8. The molecule has 176 valence electrons. The van der Waals surface area contributed by atoms with E-state index in [1.807, 2.05) is 0 Å². The van der Waals surface area contributed by atoms with Crippen LogP contribution >= 0.6 is 0 Å². The van der Waals surface area contributed by atoms with Crippen molar-refractivity contribution < 1.29 is 14.7 Å². The predicted octanol–water partition coefficient (Wildman–Crippen LogP) is 3.31. The van der Waals surface area contributed by atoms with Gasteiger partial charge in [-0.3, -0.25) is 9.59 Å². The second-order valence-corrected chi connectivity index (χ2v) is 8.26. The molecule has 1 aromatic heterocycles. The molecule has 2 amide bonds. The Morgan fingerprint density at radius 1 is 0.971 bits per heavy atom. The molecule has 0 aliphatic carbocycles. The summed E-state index contributed by atoms with van der Waals surface area (Å²) < 4.78 is 0. The second-order valence-electron chi connectivity index (χ2n) is 8.26. The fraction of sp³-hybridized carbons (Fsp3) is 0.280. The smallest absolute Gasteiger partial charge is 0.256 e. The number of benzene rings is 2. The van der Waals surface area contributed by atoms with Gasteiger partial charge in [0.2, 0.25) is 5.95 Å². The normalized spacial score (nSPS) is 13.4. The van der Waals surface area contributed by atoms with E-state index in [0.29, 0.717) is 29.3 Å². The molecular formula is C25H28N6O3. The Kier molecular flexibility index (Phi) is 7.34. The molecule has 4 N–H and O–H groups in total. The molecule has 0 atom stereocenters. The molecule has 2 heterocycles. The van der Waals surface area contributed by atoms with Crippen LogP contribution in [0.1, 0.15) is 39.1 Å². The predicted molar refractivity (Wildman–Crippen MR) is 131 cm³/mol. The lowest BCUT2D eigenvalue weighted by Crippen LogP contribution is -2.33. The first-order valence-corrected chi connectivity index (χ1v) is 11.3. The van der Waals surface area contributed by atoms with Crippen molar-refractivity contribution in [2.24, 2.45) is 0 Å². The second kappa shape index (κ2) is 10.8. The van der Waals surface area contributed by atoms with Crippen LogP contribution in [0.5, 0.6) is 5.75 Å². The Labute approximate surface area is 198 Å². The summed E-state index contributed by atoms with van der Waals surface area (Å²) in [6.07, 6.45) is 5.46. The number of phenols is 1. The fourth-order valence-electron chi connectivity index (χ4n) is 3.78. The van der Waals surface area contributed by atoms with Gasteiger partial charge in [0.1, 0.15) is 5.75 Å². The highest BCUT2D eigenvalue weighted by Crippen LogP contribution is 2.18. The molecule has 0 bridgehead atoms. The standard InChI is InChI=1S/C25H28N6O3/c1-17-4-9-21(32)14-22(17)24(34)29-20-15-27-25(28-16-20)30-19-7-5-18(6-8-19)23(33)26-10-13-31-11-2-3-12-31/h4-9,14-16,32H,2-3,10-13H2,1H3,(H,26,33)(H,29,34)(H,27,28,30). The van der Waals surface area contributed by atoms with Gasteiger partial charge in [0.25, 0.3) is 11.8 Å². The van der Waals surface area contributed by atoms with Gasteiger partial charge in [0.05, 0.1) is 18.1 Å². The number of aryl methyl sites for hydroxylation is 1. The van der Waals surface area contributed by atoms with Gasteiger partial charge in [0, 0.05) is 29.9 Å². The van der Waals surface area contributed by atoms with Crippen molar-refractivity contribution in [3.63, 3.8) is 0 Å². The van der Waals surface area contributed by atoms with E-state index in [2.05, 4.69) is 30.8 Å². The fourth-order valence-corrected chi connectivity index (χ4v) is 3.78. The molecule has 1 aliphatic rings. The molecule has 3 aromatic rings. The van der Waals surface area contributed by atoms with Crippen LogP contribution < -0.4 is 16.0 Å². The van der Waals surface area contributed by atoms with Crippen LogP contribution in [0.15, 0.2) is 54.9 Å². The van der Waals surface area contributed by atoms with Crippen LogP contribution in [0.2, 0.25) is 0 Å². The zero-order valence-corrected chi connectivity index (χ0v) is 19.0. The number of nitrogens with zero attached hydrogens (tertiary/aromatic N) is 3. The summed E-state index contributed by atoms with van der Waals surface area (Å²) in [6, 6.07) is 11.7. The van der Waals surface area contributed by atoms with E-state index >= 15 is 0 Å². The van der Waals surface area contributed by atoms with Crippen LogP contribution in [0.25, 0.3) is 0 Å². The third kappa shape index (κ3) is 6.08. The number of anilines is 3. The number of aromatic nitrogens is 2. The molecule has 0 spiro atoms. The Morgan fingerprint density at radius 2 is 1.68 bits per heavy atom. The number of likely N-dealkylation sites (tertiary alicyclic amines) is 1. The molecule has 34 heavy (non-hydrogen) atoms. The highest BCUT2D eigenvalue weighted by molar-refractivity contribution is 6.05. The summed E-state index contributed by atoms with van der Waals surface area (Å²) in [7, 11) is 0. The van der Waals surface area contributed by atoms with E-state index in [4.69, 9.17) is 0 Å². The van der Waals surface area contributed by atoms with Crippen molar-refractivity contribution in [1.82, 2.24) is 20.2 Å². The number of aromatic hydroxyl groups is 1.